The summed E-state index contributed by atoms with van der Waals surface area (Å²) in [5, 5.41) is 3.15. The van der Waals surface area contributed by atoms with Crippen LogP contribution in [-0.2, 0) is 21.3 Å². The molecule has 1 aromatic rings. The molecule has 3 heterocycles. The molecule has 1 N–H and O–H groups in total. The van der Waals surface area contributed by atoms with Crippen molar-refractivity contribution >= 4 is 21.4 Å². The van der Waals surface area contributed by atoms with E-state index in [1.165, 1.54) is 0 Å². The van der Waals surface area contributed by atoms with Crippen molar-refractivity contribution in [3.05, 3.63) is 16.6 Å². The summed E-state index contributed by atoms with van der Waals surface area (Å²) in [5.41, 5.74) is -0.00259. The Bertz CT molecular complexity index is 572. The molecule has 0 bridgehead atoms. The predicted molar refractivity (Wildman–Crippen MR) is 86.3 cm³/mol. The third-order valence-corrected chi connectivity index (χ3v) is 6.60. The lowest BCUT2D eigenvalue weighted by Crippen LogP contribution is -2.64. The van der Waals surface area contributed by atoms with Crippen LogP contribution in [-0.4, -0.2) is 55.9 Å². The minimum Gasteiger partial charge on any atom is -0.372 e. The van der Waals surface area contributed by atoms with Crippen molar-refractivity contribution in [3.8, 4) is 0 Å². The molecule has 2 saturated heterocycles. The van der Waals surface area contributed by atoms with Gasteiger partial charge in [0, 0.05) is 31.2 Å². The summed E-state index contributed by atoms with van der Waals surface area (Å²) in [7, 11) is -3.10. The summed E-state index contributed by atoms with van der Waals surface area (Å²) in [6.45, 7) is 5.62. The number of rotatable bonds is 6. The van der Waals surface area contributed by atoms with Crippen molar-refractivity contribution in [3.63, 3.8) is 0 Å². The van der Waals surface area contributed by atoms with Crippen molar-refractivity contribution < 1.29 is 13.2 Å². The third-order valence-electron chi connectivity index (χ3n) is 4.47. The molecular formula is C14H23N3O3S2. The van der Waals surface area contributed by atoms with Gasteiger partial charge in [0.1, 0.15) is 5.01 Å². The van der Waals surface area contributed by atoms with Crippen LogP contribution in [0.1, 0.15) is 24.8 Å². The van der Waals surface area contributed by atoms with Crippen LogP contribution >= 0.6 is 11.3 Å². The van der Waals surface area contributed by atoms with Crippen LogP contribution in [0.5, 0.6) is 0 Å². The fourth-order valence-electron chi connectivity index (χ4n) is 3.08. The second-order valence-corrected chi connectivity index (χ2v) is 9.30. The maximum Gasteiger partial charge on any atom is 0.211 e. The first-order valence-corrected chi connectivity index (χ1v) is 10.3. The van der Waals surface area contributed by atoms with Crippen molar-refractivity contribution in [2.75, 3.05) is 32.0 Å². The number of aromatic nitrogens is 1. The van der Waals surface area contributed by atoms with E-state index in [4.69, 9.17) is 4.74 Å². The average molecular weight is 345 g/mol. The van der Waals surface area contributed by atoms with Crippen molar-refractivity contribution in [2.45, 2.75) is 31.9 Å². The maximum absolute atomic E-state index is 11.5. The predicted octanol–water partition coefficient (Wildman–Crippen LogP) is 1.06. The molecular weight excluding hydrogens is 322 g/mol. The summed E-state index contributed by atoms with van der Waals surface area (Å²) >= 11 is 1.69. The average Bonchev–Trinajstić information content (AvgIpc) is 2.98. The fraction of sp³-hybridized carbons (Fsp3) is 0.786. The van der Waals surface area contributed by atoms with Gasteiger partial charge in [-0.25, -0.2) is 18.1 Å². The van der Waals surface area contributed by atoms with E-state index in [2.05, 4.69) is 14.6 Å². The molecule has 22 heavy (non-hydrogen) atoms. The summed E-state index contributed by atoms with van der Waals surface area (Å²) in [4.78, 5) is 6.67. The summed E-state index contributed by atoms with van der Waals surface area (Å²) in [6.07, 6.45) is 3.88. The normalized spacial score (nSPS) is 25.2. The number of sulfonamides is 1. The van der Waals surface area contributed by atoms with Crippen molar-refractivity contribution in [1.82, 2.24) is 14.6 Å². The lowest BCUT2D eigenvalue weighted by molar-refractivity contribution is -0.181. The Hall–Kier alpha value is -0.540. The lowest BCUT2D eigenvalue weighted by atomic mass is 9.83. The largest absolute Gasteiger partial charge is 0.372 e. The molecule has 0 radical (unpaired) electrons. The minimum absolute atomic E-state index is 0.00259. The van der Waals surface area contributed by atoms with E-state index in [0.29, 0.717) is 19.1 Å². The molecule has 1 atom stereocenters. The van der Waals surface area contributed by atoms with Crippen molar-refractivity contribution in [1.29, 1.82) is 0 Å². The minimum atomic E-state index is -3.10. The van der Waals surface area contributed by atoms with E-state index >= 15 is 0 Å². The quantitative estimate of drug-likeness (QED) is 0.835. The molecule has 0 saturated carbocycles. The highest BCUT2D eigenvalue weighted by molar-refractivity contribution is 7.89. The molecule has 2 aliphatic rings. The molecule has 0 amide bonds. The Labute approximate surface area is 135 Å². The topological polar surface area (TPSA) is 71.5 Å². The van der Waals surface area contributed by atoms with E-state index in [1.54, 1.807) is 18.3 Å². The number of ether oxygens (including phenoxy) is 1. The monoisotopic (exact) mass is 345 g/mol. The van der Waals surface area contributed by atoms with Gasteiger partial charge in [0.2, 0.25) is 10.0 Å². The van der Waals surface area contributed by atoms with E-state index < -0.39 is 10.0 Å². The van der Waals surface area contributed by atoms with Crippen molar-refractivity contribution in [2.24, 2.45) is 5.92 Å². The van der Waals surface area contributed by atoms with Gasteiger partial charge in [0.25, 0.3) is 0 Å². The van der Waals surface area contributed by atoms with Gasteiger partial charge in [-0.3, -0.25) is 4.90 Å². The molecule has 6 nitrogen and oxygen atoms in total. The standard InChI is InChI=1S/C14H23N3O3S2/c1-2-22(18,19)16-7-12-3-4-14(20-9-12)10-17(11-14)8-13-15-5-6-21-13/h5-6,12,16H,2-4,7-11H2,1H3/t12-/m0/s1. The molecule has 124 valence electrons. The fourth-order valence-corrected chi connectivity index (χ4v) is 4.43. The van der Waals surface area contributed by atoms with Gasteiger partial charge in [-0.05, 0) is 25.7 Å². The van der Waals surface area contributed by atoms with Gasteiger partial charge in [-0.2, -0.15) is 0 Å². The number of hydrogen-bond donors (Lipinski definition) is 1. The van der Waals surface area contributed by atoms with E-state index in [9.17, 15) is 8.42 Å². The number of thiazole rings is 1. The number of hydrogen-bond acceptors (Lipinski definition) is 6. The van der Waals surface area contributed by atoms with Gasteiger partial charge in [-0.15, -0.1) is 11.3 Å². The van der Waals surface area contributed by atoms with Crippen LogP contribution in [0.25, 0.3) is 0 Å². The first-order chi connectivity index (χ1) is 10.5. The molecule has 8 heteroatoms. The molecule has 1 spiro atoms. The second kappa shape index (κ2) is 6.52. The first kappa shape index (κ1) is 16.3. The smallest absolute Gasteiger partial charge is 0.211 e. The SMILES string of the molecule is CCS(=O)(=O)NC[C@@H]1CCC2(CN(Cc3nccs3)C2)OC1. The number of nitrogens with zero attached hydrogens (tertiary/aromatic N) is 2. The molecule has 2 aliphatic heterocycles. The summed E-state index contributed by atoms with van der Waals surface area (Å²) in [6, 6.07) is 0. The molecule has 0 unspecified atom stereocenters. The van der Waals surface area contributed by atoms with Gasteiger partial charge in [0.05, 0.1) is 24.5 Å². The second-order valence-electron chi connectivity index (χ2n) is 6.22. The maximum atomic E-state index is 11.5. The summed E-state index contributed by atoms with van der Waals surface area (Å²) in [5.74, 6) is 0.427. The van der Waals surface area contributed by atoms with Gasteiger partial charge < -0.3 is 4.74 Å². The Morgan fingerprint density at radius 2 is 2.36 bits per heavy atom. The molecule has 2 fully saturated rings. The van der Waals surface area contributed by atoms with Crippen LogP contribution in [0.3, 0.4) is 0 Å². The highest BCUT2D eigenvalue weighted by Crippen LogP contribution is 2.36. The van der Waals surface area contributed by atoms with Crippen LogP contribution in [0.2, 0.25) is 0 Å². The number of nitrogens with one attached hydrogen (secondary N) is 1. The van der Waals surface area contributed by atoms with Crippen LogP contribution in [0.15, 0.2) is 11.6 Å². The Morgan fingerprint density at radius 3 is 2.95 bits per heavy atom. The zero-order valence-corrected chi connectivity index (χ0v) is 14.5. The highest BCUT2D eigenvalue weighted by atomic mass is 32.2. The van der Waals surface area contributed by atoms with Gasteiger partial charge in [-0.1, -0.05) is 0 Å². The van der Waals surface area contributed by atoms with Gasteiger partial charge >= 0.3 is 0 Å². The Kier molecular flexibility index (Phi) is 4.84. The third kappa shape index (κ3) is 3.86. The van der Waals surface area contributed by atoms with Gasteiger partial charge in [0.15, 0.2) is 0 Å². The molecule has 3 rings (SSSR count). The highest BCUT2D eigenvalue weighted by Gasteiger charge is 2.46. The number of likely N-dealkylation sites (tertiary alicyclic amines) is 1. The zero-order valence-electron chi connectivity index (χ0n) is 12.8. The Morgan fingerprint density at radius 1 is 1.55 bits per heavy atom. The van der Waals surface area contributed by atoms with Crippen LogP contribution < -0.4 is 4.72 Å². The molecule has 1 aromatic heterocycles. The van der Waals surface area contributed by atoms with Crippen LogP contribution in [0.4, 0.5) is 0 Å². The first-order valence-electron chi connectivity index (χ1n) is 7.72. The van der Waals surface area contributed by atoms with E-state index in [-0.39, 0.29) is 11.4 Å². The van der Waals surface area contributed by atoms with E-state index in [0.717, 1.165) is 37.5 Å². The Balaban J connectivity index is 1.40. The molecule has 0 aromatic carbocycles. The molecule has 0 aliphatic carbocycles. The zero-order chi connectivity index (χ0) is 15.6. The van der Waals surface area contributed by atoms with E-state index in [1.807, 2.05) is 11.6 Å². The summed E-state index contributed by atoms with van der Waals surface area (Å²) < 4.78 is 31.7. The van der Waals surface area contributed by atoms with Crippen LogP contribution in [0, 0.1) is 5.92 Å². The lowest BCUT2D eigenvalue weighted by Gasteiger charge is -2.52.